The Morgan fingerprint density at radius 2 is 1.94 bits per heavy atom. The Labute approximate surface area is 106 Å². The number of aliphatic hydroxyl groups excluding tert-OH is 1. The molecule has 18 heavy (non-hydrogen) atoms. The van der Waals surface area contributed by atoms with Crippen molar-refractivity contribution in [3.05, 3.63) is 17.9 Å². The molecule has 1 N–H and O–H groups in total. The second kappa shape index (κ2) is 5.00. The van der Waals surface area contributed by atoms with E-state index in [0.717, 1.165) is 0 Å². The molecule has 1 aromatic heterocycles. The van der Waals surface area contributed by atoms with Crippen LogP contribution in [0.4, 0.5) is 0 Å². The topological polar surface area (TPSA) is 80.0 Å². The van der Waals surface area contributed by atoms with E-state index in [0.29, 0.717) is 13.1 Å². The standard InChI is InChI=1S/C11H17NO5S/c1-8-5-12(6-9(2)16-8)18(14,15)11-4-3-10(7-13)17-11/h3-4,8-9,13H,5-7H2,1-2H3/t8-,9+. The second-order valence-corrected chi connectivity index (χ2v) is 6.33. The zero-order valence-corrected chi connectivity index (χ0v) is 11.2. The third kappa shape index (κ3) is 2.59. The van der Waals surface area contributed by atoms with Crippen molar-refractivity contribution in [1.82, 2.24) is 4.31 Å². The lowest BCUT2D eigenvalue weighted by Gasteiger charge is -2.33. The average molecular weight is 275 g/mol. The Balaban J connectivity index is 2.25. The fraction of sp³-hybridized carbons (Fsp3) is 0.636. The van der Waals surface area contributed by atoms with E-state index < -0.39 is 10.0 Å². The number of nitrogens with zero attached hydrogens (tertiary/aromatic N) is 1. The normalized spacial score (nSPS) is 26.4. The molecule has 2 rings (SSSR count). The fourth-order valence-corrected chi connectivity index (χ4v) is 3.56. The summed E-state index contributed by atoms with van der Waals surface area (Å²) in [5.74, 6) is 0.239. The van der Waals surface area contributed by atoms with Crippen LogP contribution in [-0.4, -0.2) is 43.1 Å². The summed E-state index contributed by atoms with van der Waals surface area (Å²) in [6, 6.07) is 2.83. The molecule has 0 radical (unpaired) electrons. The van der Waals surface area contributed by atoms with Crippen molar-refractivity contribution in [3.8, 4) is 0 Å². The third-order valence-electron chi connectivity index (χ3n) is 2.77. The highest BCUT2D eigenvalue weighted by Gasteiger charge is 2.34. The SMILES string of the molecule is C[C@@H]1CN(S(=O)(=O)c2ccc(CO)o2)C[C@H](C)O1. The number of rotatable bonds is 3. The molecular formula is C11H17NO5S. The van der Waals surface area contributed by atoms with Crippen LogP contribution < -0.4 is 0 Å². The van der Waals surface area contributed by atoms with Gasteiger partial charge >= 0.3 is 0 Å². The van der Waals surface area contributed by atoms with E-state index in [1.54, 1.807) is 0 Å². The molecular weight excluding hydrogens is 258 g/mol. The number of hydrogen-bond donors (Lipinski definition) is 1. The highest BCUT2D eigenvalue weighted by molar-refractivity contribution is 7.89. The Morgan fingerprint density at radius 1 is 1.33 bits per heavy atom. The van der Waals surface area contributed by atoms with Crippen LogP contribution in [0.25, 0.3) is 0 Å². The molecule has 1 aliphatic rings. The number of aliphatic hydroxyl groups is 1. The van der Waals surface area contributed by atoms with Gasteiger partial charge in [0.1, 0.15) is 12.4 Å². The zero-order valence-electron chi connectivity index (χ0n) is 10.4. The van der Waals surface area contributed by atoms with Crippen LogP contribution in [0.2, 0.25) is 0 Å². The minimum Gasteiger partial charge on any atom is -0.446 e. The Morgan fingerprint density at radius 3 is 2.44 bits per heavy atom. The summed E-state index contributed by atoms with van der Waals surface area (Å²) in [5.41, 5.74) is 0. The quantitative estimate of drug-likeness (QED) is 0.872. The van der Waals surface area contributed by atoms with E-state index >= 15 is 0 Å². The zero-order chi connectivity index (χ0) is 13.3. The van der Waals surface area contributed by atoms with Crippen LogP contribution in [0.5, 0.6) is 0 Å². The average Bonchev–Trinajstić information content (AvgIpc) is 2.76. The van der Waals surface area contributed by atoms with Crippen LogP contribution in [0.1, 0.15) is 19.6 Å². The van der Waals surface area contributed by atoms with Crippen molar-refractivity contribution < 1.29 is 22.7 Å². The third-order valence-corrected chi connectivity index (χ3v) is 4.48. The molecule has 0 saturated carbocycles. The number of furan rings is 1. The highest BCUT2D eigenvalue weighted by atomic mass is 32.2. The van der Waals surface area contributed by atoms with Crippen LogP contribution in [-0.2, 0) is 21.4 Å². The van der Waals surface area contributed by atoms with Gasteiger partial charge in [0.05, 0.1) is 12.2 Å². The largest absolute Gasteiger partial charge is 0.446 e. The Bertz CT molecular complexity index is 499. The van der Waals surface area contributed by atoms with E-state index in [9.17, 15) is 8.42 Å². The maximum Gasteiger partial charge on any atom is 0.276 e. The summed E-state index contributed by atoms with van der Waals surface area (Å²) >= 11 is 0. The van der Waals surface area contributed by atoms with Gasteiger partial charge in [-0.1, -0.05) is 0 Å². The Hall–Kier alpha value is -0.890. The van der Waals surface area contributed by atoms with Crippen molar-refractivity contribution in [2.45, 2.75) is 37.8 Å². The number of morpholine rings is 1. The van der Waals surface area contributed by atoms with Crippen molar-refractivity contribution in [2.24, 2.45) is 0 Å². The molecule has 0 aliphatic carbocycles. The highest BCUT2D eigenvalue weighted by Crippen LogP contribution is 2.22. The molecule has 0 bridgehead atoms. The summed E-state index contributed by atoms with van der Waals surface area (Å²) in [7, 11) is -3.64. The summed E-state index contributed by atoms with van der Waals surface area (Å²) in [4.78, 5) is 0. The van der Waals surface area contributed by atoms with E-state index in [1.807, 2.05) is 13.8 Å². The lowest BCUT2D eigenvalue weighted by molar-refractivity contribution is -0.0443. The van der Waals surface area contributed by atoms with E-state index in [-0.39, 0.29) is 29.7 Å². The Kier molecular flexibility index (Phi) is 3.76. The molecule has 102 valence electrons. The van der Waals surface area contributed by atoms with Gasteiger partial charge in [0.15, 0.2) is 0 Å². The first-order chi connectivity index (χ1) is 8.43. The van der Waals surface area contributed by atoms with E-state index in [2.05, 4.69) is 0 Å². The molecule has 0 unspecified atom stereocenters. The second-order valence-electron chi connectivity index (χ2n) is 4.46. The summed E-state index contributed by atoms with van der Waals surface area (Å²) in [6.45, 7) is 3.97. The molecule has 1 aliphatic heterocycles. The molecule has 7 heteroatoms. The van der Waals surface area contributed by atoms with Gasteiger partial charge in [0.25, 0.3) is 10.0 Å². The number of sulfonamides is 1. The van der Waals surface area contributed by atoms with Crippen molar-refractivity contribution >= 4 is 10.0 Å². The molecule has 0 amide bonds. The molecule has 6 nitrogen and oxygen atoms in total. The molecule has 1 aromatic rings. The van der Waals surface area contributed by atoms with Gasteiger partial charge in [-0.3, -0.25) is 0 Å². The summed E-state index contributed by atoms with van der Waals surface area (Å²) in [6.07, 6.45) is -0.286. The molecule has 0 aromatic carbocycles. The summed E-state index contributed by atoms with van der Waals surface area (Å²) in [5, 5.41) is 8.76. The van der Waals surface area contributed by atoms with Crippen LogP contribution in [0.3, 0.4) is 0 Å². The smallest absolute Gasteiger partial charge is 0.276 e. The van der Waals surface area contributed by atoms with E-state index in [1.165, 1.54) is 16.4 Å². The lowest BCUT2D eigenvalue weighted by atomic mass is 10.3. The molecule has 2 heterocycles. The van der Waals surface area contributed by atoms with Gasteiger partial charge in [0, 0.05) is 13.1 Å². The maximum absolute atomic E-state index is 12.3. The maximum atomic E-state index is 12.3. The van der Waals surface area contributed by atoms with Gasteiger partial charge in [-0.15, -0.1) is 0 Å². The minimum absolute atomic E-state index is 0.132. The van der Waals surface area contributed by atoms with Crippen molar-refractivity contribution in [1.29, 1.82) is 0 Å². The lowest BCUT2D eigenvalue weighted by Crippen LogP contribution is -2.47. The summed E-state index contributed by atoms with van der Waals surface area (Å²) < 4.78 is 36.6. The van der Waals surface area contributed by atoms with E-state index in [4.69, 9.17) is 14.3 Å². The predicted molar refractivity (Wildman–Crippen MR) is 63.4 cm³/mol. The molecule has 2 atom stereocenters. The molecule has 1 fully saturated rings. The van der Waals surface area contributed by atoms with Gasteiger partial charge in [-0.25, -0.2) is 8.42 Å². The molecule has 1 saturated heterocycles. The van der Waals surface area contributed by atoms with Crippen molar-refractivity contribution in [3.63, 3.8) is 0 Å². The van der Waals surface area contributed by atoms with Gasteiger partial charge in [0.2, 0.25) is 5.09 Å². The predicted octanol–water partition coefficient (Wildman–Crippen LogP) is 0.570. The van der Waals surface area contributed by atoms with Gasteiger partial charge in [-0.05, 0) is 26.0 Å². The van der Waals surface area contributed by atoms with Gasteiger partial charge < -0.3 is 14.3 Å². The minimum atomic E-state index is -3.64. The van der Waals surface area contributed by atoms with Gasteiger partial charge in [-0.2, -0.15) is 4.31 Å². The van der Waals surface area contributed by atoms with Crippen LogP contribution in [0.15, 0.2) is 21.6 Å². The van der Waals surface area contributed by atoms with Crippen molar-refractivity contribution in [2.75, 3.05) is 13.1 Å². The number of ether oxygens (including phenoxy) is 1. The van der Waals surface area contributed by atoms with Crippen LogP contribution >= 0.6 is 0 Å². The number of hydrogen-bond acceptors (Lipinski definition) is 5. The first-order valence-corrected chi connectivity index (χ1v) is 7.22. The first-order valence-electron chi connectivity index (χ1n) is 5.78. The molecule has 0 spiro atoms. The van der Waals surface area contributed by atoms with Crippen LogP contribution in [0, 0.1) is 0 Å². The first kappa shape index (κ1) is 13.5. The fourth-order valence-electron chi connectivity index (χ4n) is 2.04. The monoisotopic (exact) mass is 275 g/mol.